The van der Waals surface area contributed by atoms with Crippen molar-refractivity contribution in [3.63, 3.8) is 0 Å². The Labute approximate surface area is 115 Å². The summed E-state index contributed by atoms with van der Waals surface area (Å²) in [6.45, 7) is 7.25. The molecule has 1 atom stereocenters. The van der Waals surface area contributed by atoms with Gasteiger partial charge in [-0.3, -0.25) is 9.48 Å². The largest absolute Gasteiger partial charge is 0.352 e. The Morgan fingerprint density at radius 2 is 2.11 bits per heavy atom. The van der Waals surface area contributed by atoms with Gasteiger partial charge in [-0.25, -0.2) is 0 Å². The minimum atomic E-state index is 0.445. The Morgan fingerprint density at radius 1 is 1.37 bits per heavy atom. The molecule has 19 heavy (non-hydrogen) atoms. The number of carbonyl (C=O) groups is 1. The number of anilines is 1. The van der Waals surface area contributed by atoms with Crippen LogP contribution in [0.1, 0.15) is 35.8 Å². The molecule has 0 saturated carbocycles. The molecule has 0 bridgehead atoms. The van der Waals surface area contributed by atoms with Crippen LogP contribution in [-0.4, -0.2) is 53.7 Å². The van der Waals surface area contributed by atoms with E-state index in [0.29, 0.717) is 6.04 Å². The van der Waals surface area contributed by atoms with Gasteiger partial charge in [0.15, 0.2) is 6.29 Å². The maximum absolute atomic E-state index is 11.4. The molecule has 1 aliphatic rings. The van der Waals surface area contributed by atoms with Crippen molar-refractivity contribution in [3.05, 3.63) is 11.3 Å². The first-order chi connectivity index (χ1) is 9.08. The molecule has 0 spiro atoms. The van der Waals surface area contributed by atoms with Gasteiger partial charge < -0.3 is 9.80 Å². The highest BCUT2D eigenvalue weighted by molar-refractivity contribution is 5.85. The topological polar surface area (TPSA) is 41.4 Å². The lowest BCUT2D eigenvalue weighted by atomic mass is 10.1. The van der Waals surface area contributed by atoms with Crippen molar-refractivity contribution in [2.45, 2.75) is 32.7 Å². The van der Waals surface area contributed by atoms with Crippen LogP contribution in [0.2, 0.25) is 0 Å². The molecule has 1 fully saturated rings. The summed E-state index contributed by atoms with van der Waals surface area (Å²) in [5, 5.41) is 4.41. The third-order valence-electron chi connectivity index (χ3n) is 4.00. The minimum absolute atomic E-state index is 0.445. The number of likely N-dealkylation sites (N-methyl/N-ethyl adjacent to an activating group) is 1. The standard InChI is InChI=1S/C14H24N4O/c1-5-12-9-16(3)7-6-8-18(12)14-13(10-19)11(2)15-17(14)4/h10,12H,5-9H2,1-4H3. The Morgan fingerprint density at radius 3 is 2.74 bits per heavy atom. The van der Waals surface area contributed by atoms with Crippen molar-refractivity contribution in [2.75, 3.05) is 31.6 Å². The molecule has 5 heteroatoms. The number of aryl methyl sites for hydroxylation is 2. The number of hydrogen-bond acceptors (Lipinski definition) is 4. The Balaban J connectivity index is 2.40. The zero-order valence-electron chi connectivity index (χ0n) is 12.4. The Kier molecular flexibility index (Phi) is 4.24. The highest BCUT2D eigenvalue weighted by Gasteiger charge is 2.27. The molecule has 0 radical (unpaired) electrons. The van der Waals surface area contributed by atoms with Crippen molar-refractivity contribution in [1.29, 1.82) is 0 Å². The summed E-state index contributed by atoms with van der Waals surface area (Å²) in [6, 6.07) is 0.445. The molecule has 0 aliphatic carbocycles. The third-order valence-corrected chi connectivity index (χ3v) is 4.00. The summed E-state index contributed by atoms with van der Waals surface area (Å²) in [4.78, 5) is 16.1. The van der Waals surface area contributed by atoms with Crippen LogP contribution in [-0.2, 0) is 7.05 Å². The van der Waals surface area contributed by atoms with Crippen molar-refractivity contribution >= 4 is 12.1 Å². The third kappa shape index (κ3) is 2.66. The van der Waals surface area contributed by atoms with Crippen molar-refractivity contribution in [2.24, 2.45) is 7.05 Å². The van der Waals surface area contributed by atoms with E-state index in [-0.39, 0.29) is 0 Å². The molecule has 0 N–H and O–H groups in total. The van der Waals surface area contributed by atoms with Gasteiger partial charge in [-0.05, 0) is 33.4 Å². The average Bonchev–Trinajstić information content (AvgIpc) is 2.55. The summed E-state index contributed by atoms with van der Waals surface area (Å²) in [6.07, 6.45) is 3.14. The highest BCUT2D eigenvalue weighted by atomic mass is 16.1. The Bertz CT molecular complexity index is 455. The van der Waals surface area contributed by atoms with Crippen LogP contribution in [0.25, 0.3) is 0 Å². The number of aldehydes is 1. The molecule has 1 unspecified atom stereocenters. The summed E-state index contributed by atoms with van der Waals surface area (Å²) >= 11 is 0. The summed E-state index contributed by atoms with van der Waals surface area (Å²) < 4.78 is 1.85. The van der Waals surface area contributed by atoms with E-state index < -0.39 is 0 Å². The maximum atomic E-state index is 11.4. The number of nitrogens with zero attached hydrogens (tertiary/aromatic N) is 4. The number of rotatable bonds is 3. The van der Waals surface area contributed by atoms with Crippen LogP contribution in [0.5, 0.6) is 0 Å². The zero-order valence-corrected chi connectivity index (χ0v) is 12.4. The van der Waals surface area contributed by atoms with Crippen LogP contribution < -0.4 is 4.90 Å². The molecule has 2 rings (SSSR count). The van der Waals surface area contributed by atoms with E-state index in [9.17, 15) is 4.79 Å². The van der Waals surface area contributed by atoms with Gasteiger partial charge in [0.25, 0.3) is 0 Å². The number of aromatic nitrogens is 2. The van der Waals surface area contributed by atoms with Crippen LogP contribution in [0, 0.1) is 6.92 Å². The smallest absolute Gasteiger partial charge is 0.155 e. The lowest BCUT2D eigenvalue weighted by molar-refractivity contribution is 0.112. The summed E-state index contributed by atoms with van der Waals surface area (Å²) in [5.41, 5.74) is 1.56. The SMILES string of the molecule is CCC1CN(C)CCCN1c1c(C=O)c(C)nn1C. The molecule has 1 aliphatic heterocycles. The highest BCUT2D eigenvalue weighted by Crippen LogP contribution is 2.26. The Hall–Kier alpha value is -1.36. The van der Waals surface area contributed by atoms with E-state index >= 15 is 0 Å². The van der Waals surface area contributed by atoms with E-state index in [4.69, 9.17) is 0 Å². The second-order valence-corrected chi connectivity index (χ2v) is 5.44. The van der Waals surface area contributed by atoms with Crippen molar-refractivity contribution in [3.8, 4) is 0 Å². The van der Waals surface area contributed by atoms with E-state index in [1.54, 1.807) is 0 Å². The van der Waals surface area contributed by atoms with Crippen LogP contribution in [0.15, 0.2) is 0 Å². The number of carbonyl (C=O) groups excluding carboxylic acids is 1. The number of hydrogen-bond donors (Lipinski definition) is 0. The lowest BCUT2D eigenvalue weighted by Gasteiger charge is -2.32. The predicted molar refractivity (Wildman–Crippen MR) is 76.9 cm³/mol. The van der Waals surface area contributed by atoms with Gasteiger partial charge in [-0.1, -0.05) is 6.92 Å². The van der Waals surface area contributed by atoms with Gasteiger partial charge in [0, 0.05) is 26.2 Å². The van der Waals surface area contributed by atoms with E-state index in [1.165, 1.54) is 0 Å². The van der Waals surface area contributed by atoms with Crippen molar-refractivity contribution in [1.82, 2.24) is 14.7 Å². The second kappa shape index (κ2) is 5.74. The fraction of sp³-hybridized carbons (Fsp3) is 0.714. The van der Waals surface area contributed by atoms with E-state index in [1.807, 2.05) is 18.7 Å². The molecule has 0 aromatic carbocycles. The first kappa shape index (κ1) is 14.1. The molecule has 5 nitrogen and oxygen atoms in total. The minimum Gasteiger partial charge on any atom is -0.352 e. The van der Waals surface area contributed by atoms with E-state index in [0.717, 1.165) is 55.8 Å². The van der Waals surface area contributed by atoms with Gasteiger partial charge in [-0.15, -0.1) is 0 Å². The van der Waals surface area contributed by atoms with Gasteiger partial charge in [0.1, 0.15) is 5.82 Å². The van der Waals surface area contributed by atoms with Crippen LogP contribution in [0.4, 0.5) is 5.82 Å². The second-order valence-electron chi connectivity index (χ2n) is 5.44. The van der Waals surface area contributed by atoms with Gasteiger partial charge >= 0.3 is 0 Å². The predicted octanol–water partition coefficient (Wildman–Crippen LogP) is 1.46. The molecule has 1 saturated heterocycles. The van der Waals surface area contributed by atoms with Crippen LogP contribution in [0.3, 0.4) is 0 Å². The summed E-state index contributed by atoms with van der Waals surface area (Å²) in [7, 11) is 4.10. The quantitative estimate of drug-likeness (QED) is 0.775. The summed E-state index contributed by atoms with van der Waals surface area (Å²) in [5.74, 6) is 0.981. The van der Waals surface area contributed by atoms with Gasteiger partial charge in [0.05, 0.1) is 11.3 Å². The monoisotopic (exact) mass is 264 g/mol. The lowest BCUT2D eigenvalue weighted by Crippen LogP contribution is -2.41. The van der Waals surface area contributed by atoms with Gasteiger partial charge in [0.2, 0.25) is 0 Å². The maximum Gasteiger partial charge on any atom is 0.155 e. The molecule has 0 amide bonds. The normalized spacial score (nSPS) is 21.5. The first-order valence-electron chi connectivity index (χ1n) is 7.02. The zero-order chi connectivity index (χ0) is 14.0. The molecule has 2 heterocycles. The first-order valence-corrected chi connectivity index (χ1v) is 7.02. The molecule has 1 aromatic heterocycles. The molecule has 1 aromatic rings. The van der Waals surface area contributed by atoms with Gasteiger partial charge in [-0.2, -0.15) is 5.10 Å². The van der Waals surface area contributed by atoms with E-state index in [2.05, 4.69) is 28.9 Å². The average molecular weight is 264 g/mol. The molecular formula is C14H24N4O. The molecule has 106 valence electrons. The molecular weight excluding hydrogens is 240 g/mol. The fourth-order valence-corrected chi connectivity index (χ4v) is 3.01. The van der Waals surface area contributed by atoms with Crippen LogP contribution >= 0.6 is 0 Å². The van der Waals surface area contributed by atoms with Crippen molar-refractivity contribution < 1.29 is 4.79 Å². The fourth-order valence-electron chi connectivity index (χ4n) is 3.01.